The Morgan fingerprint density at radius 2 is 1.84 bits per heavy atom. The molecule has 0 spiro atoms. The van der Waals surface area contributed by atoms with E-state index in [1.807, 2.05) is 0 Å². The Bertz CT molecular complexity index is 523. The average Bonchev–Trinajstić information content (AvgIpc) is 2.35. The number of nitrogens with one attached hydrogen (secondary N) is 1. The Hall–Kier alpha value is -1.60. The molecule has 0 saturated carbocycles. The van der Waals surface area contributed by atoms with Gasteiger partial charge < -0.3 is 10.4 Å². The highest BCUT2D eigenvalue weighted by Crippen LogP contribution is 2.16. The van der Waals surface area contributed by atoms with Crippen LogP contribution in [0.15, 0.2) is 29.2 Å². The number of hydrogen-bond donors (Lipinski definition) is 2. The Labute approximate surface area is 113 Å². The number of rotatable bonds is 7. The molecule has 1 rings (SSSR count). The number of nitrogens with zero attached hydrogens (tertiary/aromatic N) is 1. The van der Waals surface area contributed by atoms with Gasteiger partial charge in [-0.3, -0.25) is 4.79 Å². The third-order valence-electron chi connectivity index (χ3n) is 2.53. The molecule has 0 aliphatic heterocycles. The lowest BCUT2D eigenvalue weighted by molar-refractivity contribution is -0.137. The lowest BCUT2D eigenvalue weighted by Gasteiger charge is -2.12. The van der Waals surface area contributed by atoms with Crippen LogP contribution in [0.25, 0.3) is 0 Å². The van der Waals surface area contributed by atoms with E-state index in [0.29, 0.717) is 13.0 Å². The zero-order valence-corrected chi connectivity index (χ0v) is 11.8. The molecule has 6 nitrogen and oxygen atoms in total. The van der Waals surface area contributed by atoms with Crippen LogP contribution in [0.4, 0.5) is 5.69 Å². The SMILES string of the molecule is CN(C)S(=O)(=O)c1ccc(NCCCC(=O)O)cc1. The summed E-state index contributed by atoms with van der Waals surface area (Å²) < 4.78 is 24.8. The van der Waals surface area contributed by atoms with E-state index in [0.717, 1.165) is 9.99 Å². The van der Waals surface area contributed by atoms with Crippen molar-refractivity contribution in [2.24, 2.45) is 0 Å². The van der Waals surface area contributed by atoms with Gasteiger partial charge in [-0.2, -0.15) is 0 Å². The van der Waals surface area contributed by atoms with Crippen LogP contribution in [-0.4, -0.2) is 44.4 Å². The number of carbonyl (C=O) groups is 1. The second kappa shape index (κ2) is 6.53. The highest BCUT2D eigenvalue weighted by molar-refractivity contribution is 7.89. The molecule has 0 amide bonds. The first kappa shape index (κ1) is 15.5. The summed E-state index contributed by atoms with van der Waals surface area (Å²) in [6.45, 7) is 0.534. The van der Waals surface area contributed by atoms with Gasteiger partial charge in [-0.1, -0.05) is 0 Å². The van der Waals surface area contributed by atoms with Gasteiger partial charge in [0, 0.05) is 32.7 Å². The monoisotopic (exact) mass is 286 g/mol. The van der Waals surface area contributed by atoms with Crippen molar-refractivity contribution in [3.05, 3.63) is 24.3 Å². The predicted molar refractivity (Wildman–Crippen MR) is 72.7 cm³/mol. The van der Waals surface area contributed by atoms with Crippen molar-refractivity contribution >= 4 is 21.7 Å². The van der Waals surface area contributed by atoms with Crippen LogP contribution in [0.5, 0.6) is 0 Å². The van der Waals surface area contributed by atoms with Crippen molar-refractivity contribution < 1.29 is 18.3 Å². The van der Waals surface area contributed by atoms with Gasteiger partial charge in [-0.25, -0.2) is 12.7 Å². The highest BCUT2D eigenvalue weighted by atomic mass is 32.2. The second-order valence-corrected chi connectivity index (χ2v) is 6.39. The van der Waals surface area contributed by atoms with E-state index >= 15 is 0 Å². The second-order valence-electron chi connectivity index (χ2n) is 4.24. The van der Waals surface area contributed by atoms with Crippen LogP contribution in [0, 0.1) is 0 Å². The topological polar surface area (TPSA) is 86.7 Å². The van der Waals surface area contributed by atoms with Gasteiger partial charge in [0.1, 0.15) is 0 Å². The standard InChI is InChI=1S/C12H18N2O4S/c1-14(2)19(17,18)11-7-5-10(6-8-11)13-9-3-4-12(15)16/h5-8,13H,3-4,9H2,1-2H3,(H,15,16). The fourth-order valence-electron chi connectivity index (χ4n) is 1.43. The molecule has 7 heteroatoms. The molecule has 0 saturated heterocycles. The van der Waals surface area contributed by atoms with Gasteiger partial charge in [0.25, 0.3) is 0 Å². The summed E-state index contributed by atoms with van der Waals surface area (Å²) in [5, 5.41) is 11.5. The molecule has 0 heterocycles. The van der Waals surface area contributed by atoms with Crippen LogP contribution in [0.1, 0.15) is 12.8 Å². The van der Waals surface area contributed by atoms with Crippen LogP contribution in [0.2, 0.25) is 0 Å². The van der Waals surface area contributed by atoms with Gasteiger partial charge >= 0.3 is 5.97 Å². The zero-order chi connectivity index (χ0) is 14.5. The number of hydrogen-bond acceptors (Lipinski definition) is 4. The smallest absolute Gasteiger partial charge is 0.303 e. The van der Waals surface area contributed by atoms with E-state index in [-0.39, 0.29) is 11.3 Å². The molecular formula is C12H18N2O4S. The molecule has 0 bridgehead atoms. The number of carboxylic acids is 1. The predicted octanol–water partition coefficient (Wildman–Crippen LogP) is 1.21. The summed E-state index contributed by atoms with van der Waals surface area (Å²) >= 11 is 0. The quantitative estimate of drug-likeness (QED) is 0.736. The number of sulfonamides is 1. The molecule has 1 aromatic carbocycles. The first-order chi connectivity index (χ1) is 8.84. The minimum Gasteiger partial charge on any atom is -0.481 e. The summed E-state index contributed by atoms with van der Waals surface area (Å²) in [6, 6.07) is 6.37. The van der Waals surface area contributed by atoms with Gasteiger partial charge in [0.05, 0.1) is 4.90 Å². The minimum absolute atomic E-state index is 0.111. The minimum atomic E-state index is -3.40. The number of carboxylic acid groups (broad SMARTS) is 1. The Balaban J connectivity index is 2.60. The first-order valence-corrected chi connectivity index (χ1v) is 7.26. The first-order valence-electron chi connectivity index (χ1n) is 5.82. The summed E-state index contributed by atoms with van der Waals surface area (Å²) in [4.78, 5) is 10.6. The normalized spacial score (nSPS) is 11.5. The van der Waals surface area contributed by atoms with Crippen LogP contribution < -0.4 is 5.32 Å². The molecular weight excluding hydrogens is 268 g/mol. The largest absolute Gasteiger partial charge is 0.481 e. The zero-order valence-electron chi connectivity index (χ0n) is 11.0. The molecule has 0 aromatic heterocycles. The van der Waals surface area contributed by atoms with Crippen molar-refractivity contribution in [1.82, 2.24) is 4.31 Å². The van der Waals surface area contributed by atoms with Crippen LogP contribution >= 0.6 is 0 Å². The Morgan fingerprint density at radius 1 is 1.26 bits per heavy atom. The van der Waals surface area contributed by atoms with Crippen molar-refractivity contribution in [3.63, 3.8) is 0 Å². The van der Waals surface area contributed by atoms with Crippen molar-refractivity contribution in [3.8, 4) is 0 Å². The van der Waals surface area contributed by atoms with Crippen LogP contribution in [-0.2, 0) is 14.8 Å². The molecule has 1 aromatic rings. The summed E-state index contributed by atoms with van der Waals surface area (Å²) in [6.07, 6.45) is 0.632. The van der Waals surface area contributed by atoms with Gasteiger partial charge in [-0.15, -0.1) is 0 Å². The maximum Gasteiger partial charge on any atom is 0.303 e. The highest BCUT2D eigenvalue weighted by Gasteiger charge is 2.16. The fourth-order valence-corrected chi connectivity index (χ4v) is 2.33. The molecule has 0 unspecified atom stereocenters. The van der Waals surface area contributed by atoms with Gasteiger partial charge in [0.15, 0.2) is 0 Å². The third-order valence-corrected chi connectivity index (χ3v) is 4.36. The van der Waals surface area contributed by atoms with E-state index in [9.17, 15) is 13.2 Å². The number of anilines is 1. The molecule has 0 aliphatic rings. The summed E-state index contributed by atoms with van der Waals surface area (Å²) in [7, 11) is -0.443. The molecule has 0 fully saturated rings. The molecule has 0 aliphatic carbocycles. The van der Waals surface area contributed by atoms with Gasteiger partial charge in [0.2, 0.25) is 10.0 Å². The van der Waals surface area contributed by atoms with E-state index in [2.05, 4.69) is 5.32 Å². The summed E-state index contributed by atoms with van der Waals surface area (Å²) in [5.74, 6) is -0.825. The molecule has 106 valence electrons. The van der Waals surface area contributed by atoms with E-state index in [1.165, 1.54) is 26.2 Å². The van der Waals surface area contributed by atoms with Crippen molar-refractivity contribution in [1.29, 1.82) is 0 Å². The van der Waals surface area contributed by atoms with E-state index in [4.69, 9.17) is 5.11 Å². The van der Waals surface area contributed by atoms with E-state index in [1.54, 1.807) is 12.1 Å². The van der Waals surface area contributed by atoms with Crippen LogP contribution in [0.3, 0.4) is 0 Å². The molecule has 0 atom stereocenters. The average molecular weight is 286 g/mol. The molecule has 19 heavy (non-hydrogen) atoms. The van der Waals surface area contributed by atoms with E-state index < -0.39 is 16.0 Å². The Kier molecular flexibility index (Phi) is 5.31. The Morgan fingerprint density at radius 3 is 2.32 bits per heavy atom. The maximum absolute atomic E-state index is 11.8. The third kappa shape index (κ3) is 4.53. The number of benzene rings is 1. The van der Waals surface area contributed by atoms with Gasteiger partial charge in [-0.05, 0) is 30.7 Å². The fraction of sp³-hybridized carbons (Fsp3) is 0.417. The lowest BCUT2D eigenvalue weighted by atomic mass is 10.3. The lowest BCUT2D eigenvalue weighted by Crippen LogP contribution is -2.22. The molecule has 2 N–H and O–H groups in total. The maximum atomic E-state index is 11.8. The van der Waals surface area contributed by atoms with Crippen molar-refractivity contribution in [2.75, 3.05) is 26.0 Å². The number of aliphatic carboxylic acids is 1. The molecule has 0 radical (unpaired) electrons. The van der Waals surface area contributed by atoms with Crippen molar-refractivity contribution in [2.45, 2.75) is 17.7 Å². The summed E-state index contributed by atoms with van der Waals surface area (Å²) in [5.41, 5.74) is 0.767.